The Morgan fingerprint density at radius 2 is 2.18 bits per heavy atom. The average molecular weight is 152 g/mol. The van der Waals surface area contributed by atoms with E-state index in [1.807, 2.05) is 27.0 Å². The summed E-state index contributed by atoms with van der Waals surface area (Å²) in [5, 5.41) is 11.3. The van der Waals surface area contributed by atoms with Crippen LogP contribution in [0.5, 0.6) is 0 Å². The standard InChI is InChI=1S/C8H12N2O/c1-6-4-8(5-9-11)7(2)10(6)3/h4-5,11H,1-3H3/b9-5+. The van der Waals surface area contributed by atoms with Gasteiger partial charge in [-0.15, -0.1) is 0 Å². The van der Waals surface area contributed by atoms with Crippen LogP contribution < -0.4 is 0 Å². The Kier molecular flexibility index (Phi) is 1.98. The number of oxime groups is 1. The first-order chi connectivity index (χ1) is 5.16. The van der Waals surface area contributed by atoms with Crippen LogP contribution in [-0.2, 0) is 7.05 Å². The summed E-state index contributed by atoms with van der Waals surface area (Å²) < 4.78 is 2.05. The van der Waals surface area contributed by atoms with Crippen LogP contribution in [0.4, 0.5) is 0 Å². The van der Waals surface area contributed by atoms with E-state index >= 15 is 0 Å². The van der Waals surface area contributed by atoms with E-state index in [1.54, 1.807) is 0 Å². The van der Waals surface area contributed by atoms with E-state index < -0.39 is 0 Å². The van der Waals surface area contributed by atoms with Crippen LogP contribution in [0.1, 0.15) is 17.0 Å². The first-order valence-electron chi connectivity index (χ1n) is 3.47. The molecule has 1 aromatic rings. The number of rotatable bonds is 1. The molecule has 3 heteroatoms. The first-order valence-corrected chi connectivity index (χ1v) is 3.47. The van der Waals surface area contributed by atoms with E-state index in [9.17, 15) is 0 Å². The maximum Gasteiger partial charge on any atom is 0.0751 e. The lowest BCUT2D eigenvalue weighted by Crippen LogP contribution is -1.93. The fraction of sp³-hybridized carbons (Fsp3) is 0.375. The Morgan fingerprint density at radius 3 is 2.55 bits per heavy atom. The van der Waals surface area contributed by atoms with Gasteiger partial charge >= 0.3 is 0 Å². The highest BCUT2D eigenvalue weighted by molar-refractivity contribution is 5.81. The molecule has 0 aliphatic heterocycles. The summed E-state index contributed by atoms with van der Waals surface area (Å²) in [5.41, 5.74) is 3.24. The van der Waals surface area contributed by atoms with Crippen molar-refractivity contribution in [1.82, 2.24) is 4.57 Å². The second kappa shape index (κ2) is 2.78. The van der Waals surface area contributed by atoms with E-state index in [1.165, 1.54) is 6.21 Å². The van der Waals surface area contributed by atoms with Crippen LogP contribution in [0, 0.1) is 13.8 Å². The third-order valence-electron chi connectivity index (χ3n) is 2.01. The van der Waals surface area contributed by atoms with E-state index in [4.69, 9.17) is 5.21 Å². The highest BCUT2D eigenvalue weighted by Gasteiger charge is 2.02. The fourth-order valence-electron chi connectivity index (χ4n) is 1.08. The average Bonchev–Trinajstić information content (AvgIpc) is 2.19. The molecule has 1 rings (SSSR count). The number of aromatic nitrogens is 1. The monoisotopic (exact) mass is 152 g/mol. The Labute approximate surface area is 66.0 Å². The zero-order valence-electron chi connectivity index (χ0n) is 7.00. The molecule has 1 aromatic heterocycles. The van der Waals surface area contributed by atoms with Gasteiger partial charge in [-0.2, -0.15) is 0 Å². The zero-order chi connectivity index (χ0) is 8.43. The Morgan fingerprint density at radius 1 is 1.55 bits per heavy atom. The Bertz CT molecular complexity index is 287. The van der Waals surface area contributed by atoms with Crippen molar-refractivity contribution in [3.8, 4) is 0 Å². The molecule has 0 atom stereocenters. The van der Waals surface area contributed by atoms with E-state index in [2.05, 4.69) is 9.72 Å². The van der Waals surface area contributed by atoms with Crippen LogP contribution in [0.25, 0.3) is 0 Å². The van der Waals surface area contributed by atoms with Gasteiger partial charge in [0.1, 0.15) is 0 Å². The minimum absolute atomic E-state index is 0.965. The third kappa shape index (κ3) is 1.27. The van der Waals surface area contributed by atoms with Crippen molar-refractivity contribution in [2.45, 2.75) is 13.8 Å². The largest absolute Gasteiger partial charge is 0.411 e. The summed E-state index contributed by atoms with van der Waals surface area (Å²) in [7, 11) is 1.99. The van der Waals surface area contributed by atoms with Gasteiger partial charge in [-0.3, -0.25) is 0 Å². The minimum atomic E-state index is 0.965. The molecule has 0 aromatic carbocycles. The summed E-state index contributed by atoms with van der Waals surface area (Å²) in [4.78, 5) is 0. The minimum Gasteiger partial charge on any atom is -0.411 e. The van der Waals surface area contributed by atoms with Crippen LogP contribution in [0.2, 0.25) is 0 Å². The van der Waals surface area contributed by atoms with Gasteiger partial charge in [0.25, 0.3) is 0 Å². The zero-order valence-corrected chi connectivity index (χ0v) is 7.00. The van der Waals surface area contributed by atoms with Crippen molar-refractivity contribution >= 4 is 6.21 Å². The summed E-state index contributed by atoms with van der Waals surface area (Å²) in [6.07, 6.45) is 1.45. The first kappa shape index (κ1) is 7.85. The summed E-state index contributed by atoms with van der Waals surface area (Å²) in [5.74, 6) is 0. The summed E-state index contributed by atoms with van der Waals surface area (Å²) >= 11 is 0. The fourth-order valence-corrected chi connectivity index (χ4v) is 1.08. The van der Waals surface area contributed by atoms with Crippen molar-refractivity contribution in [2.75, 3.05) is 0 Å². The quantitative estimate of drug-likeness (QED) is 0.369. The van der Waals surface area contributed by atoms with Gasteiger partial charge in [-0.1, -0.05) is 5.16 Å². The predicted octanol–water partition coefficient (Wildman–Crippen LogP) is 1.45. The molecule has 0 fully saturated rings. The highest BCUT2D eigenvalue weighted by atomic mass is 16.4. The lowest BCUT2D eigenvalue weighted by molar-refractivity contribution is 0.322. The lowest BCUT2D eigenvalue weighted by Gasteiger charge is -1.97. The Balaban J connectivity index is 3.18. The molecule has 0 radical (unpaired) electrons. The van der Waals surface area contributed by atoms with Crippen LogP contribution in [0.3, 0.4) is 0 Å². The second-order valence-electron chi connectivity index (χ2n) is 2.63. The number of hydrogen-bond acceptors (Lipinski definition) is 2. The molecular formula is C8H12N2O. The van der Waals surface area contributed by atoms with E-state index in [0.717, 1.165) is 17.0 Å². The molecule has 0 amide bonds. The molecule has 0 bridgehead atoms. The lowest BCUT2D eigenvalue weighted by atomic mass is 10.3. The number of nitrogens with zero attached hydrogens (tertiary/aromatic N) is 2. The molecule has 1 N–H and O–H groups in total. The van der Waals surface area contributed by atoms with Gasteiger partial charge in [0.05, 0.1) is 6.21 Å². The molecule has 3 nitrogen and oxygen atoms in total. The molecule has 0 aliphatic rings. The van der Waals surface area contributed by atoms with Crippen molar-refractivity contribution in [2.24, 2.45) is 12.2 Å². The van der Waals surface area contributed by atoms with Crippen molar-refractivity contribution in [1.29, 1.82) is 0 Å². The third-order valence-corrected chi connectivity index (χ3v) is 2.01. The molecule has 0 unspecified atom stereocenters. The molecule has 0 aliphatic carbocycles. The molecule has 11 heavy (non-hydrogen) atoms. The van der Waals surface area contributed by atoms with Gasteiger partial charge in [0, 0.05) is 24.0 Å². The second-order valence-corrected chi connectivity index (χ2v) is 2.63. The SMILES string of the molecule is Cc1cc(/C=N/O)c(C)n1C. The van der Waals surface area contributed by atoms with Crippen LogP contribution in [0.15, 0.2) is 11.2 Å². The van der Waals surface area contributed by atoms with E-state index in [-0.39, 0.29) is 0 Å². The highest BCUT2D eigenvalue weighted by Crippen LogP contribution is 2.10. The molecule has 60 valence electrons. The van der Waals surface area contributed by atoms with Crippen molar-refractivity contribution in [3.05, 3.63) is 23.0 Å². The topological polar surface area (TPSA) is 37.5 Å². The maximum absolute atomic E-state index is 8.30. The smallest absolute Gasteiger partial charge is 0.0751 e. The van der Waals surface area contributed by atoms with Crippen LogP contribution in [-0.4, -0.2) is 16.0 Å². The van der Waals surface area contributed by atoms with Gasteiger partial charge in [0.15, 0.2) is 0 Å². The van der Waals surface area contributed by atoms with Gasteiger partial charge < -0.3 is 9.77 Å². The summed E-state index contributed by atoms with van der Waals surface area (Å²) in [6.45, 7) is 4.01. The Hall–Kier alpha value is -1.25. The normalized spacial score (nSPS) is 11.2. The molecular weight excluding hydrogens is 140 g/mol. The van der Waals surface area contributed by atoms with E-state index in [0.29, 0.717) is 0 Å². The maximum atomic E-state index is 8.30. The predicted molar refractivity (Wildman–Crippen MR) is 44.3 cm³/mol. The van der Waals surface area contributed by atoms with Gasteiger partial charge in [-0.05, 0) is 19.9 Å². The molecule has 0 saturated heterocycles. The molecule has 1 heterocycles. The number of hydrogen-bond donors (Lipinski definition) is 1. The molecule has 0 saturated carbocycles. The number of aryl methyl sites for hydroxylation is 1. The van der Waals surface area contributed by atoms with Crippen molar-refractivity contribution in [3.63, 3.8) is 0 Å². The van der Waals surface area contributed by atoms with Gasteiger partial charge in [-0.25, -0.2) is 0 Å². The molecule has 0 spiro atoms. The summed E-state index contributed by atoms with van der Waals surface area (Å²) in [6, 6.07) is 1.98. The van der Waals surface area contributed by atoms with Crippen molar-refractivity contribution < 1.29 is 5.21 Å². The van der Waals surface area contributed by atoms with Gasteiger partial charge in [0.2, 0.25) is 0 Å². The van der Waals surface area contributed by atoms with Crippen LogP contribution >= 0.6 is 0 Å².